The fourth-order valence-electron chi connectivity index (χ4n) is 2.94. The number of benzene rings is 2. The highest BCUT2D eigenvalue weighted by atomic mass is 35.5. The molecular weight excluding hydrogens is 470 g/mol. The molecule has 0 bridgehead atoms. The van der Waals surface area contributed by atoms with E-state index in [0.29, 0.717) is 32.0 Å². The topological polar surface area (TPSA) is 101 Å². The number of sulfonamides is 1. The first-order valence-corrected chi connectivity index (χ1v) is 12.2. The summed E-state index contributed by atoms with van der Waals surface area (Å²) in [5.74, 6) is 0.126. The zero-order chi connectivity index (χ0) is 22.7. The molecule has 4 rings (SSSR count). The molecule has 32 heavy (non-hydrogen) atoms. The van der Waals surface area contributed by atoms with E-state index >= 15 is 0 Å². The lowest BCUT2D eigenvalue weighted by atomic mass is 10.2. The summed E-state index contributed by atoms with van der Waals surface area (Å²) in [6.45, 7) is 1.77. The number of anilines is 1. The number of nitrogens with one attached hydrogen (secondary N) is 2. The second-order valence-corrected chi connectivity index (χ2v) is 10.0. The predicted octanol–water partition coefficient (Wildman–Crippen LogP) is 5.10. The number of nitrogens with zero attached hydrogens (tertiary/aromatic N) is 1. The molecule has 0 aliphatic heterocycles. The summed E-state index contributed by atoms with van der Waals surface area (Å²) in [7, 11) is -3.79. The van der Waals surface area contributed by atoms with Crippen LogP contribution < -0.4 is 10.0 Å². The molecule has 0 fully saturated rings. The Balaban J connectivity index is 1.51. The van der Waals surface area contributed by atoms with E-state index in [1.54, 1.807) is 43.3 Å². The van der Waals surface area contributed by atoms with Crippen LogP contribution in [0.2, 0.25) is 5.02 Å². The van der Waals surface area contributed by atoms with Crippen molar-refractivity contribution in [2.24, 2.45) is 0 Å². The van der Waals surface area contributed by atoms with Crippen molar-refractivity contribution in [3.05, 3.63) is 88.3 Å². The van der Waals surface area contributed by atoms with Gasteiger partial charge in [0.15, 0.2) is 0 Å². The van der Waals surface area contributed by atoms with Gasteiger partial charge in [-0.15, -0.1) is 11.3 Å². The van der Waals surface area contributed by atoms with Gasteiger partial charge >= 0.3 is 0 Å². The summed E-state index contributed by atoms with van der Waals surface area (Å²) in [5, 5.41) is 4.01. The molecule has 7 nitrogen and oxygen atoms in total. The normalized spacial score (nSPS) is 11.4. The molecule has 0 atom stereocenters. The van der Waals surface area contributed by atoms with Gasteiger partial charge in [-0.25, -0.2) is 18.1 Å². The molecule has 4 aromatic rings. The van der Waals surface area contributed by atoms with Gasteiger partial charge in [0.2, 0.25) is 10.0 Å². The number of hydrogen-bond acceptors (Lipinski definition) is 6. The summed E-state index contributed by atoms with van der Waals surface area (Å²) in [4.78, 5) is 17.8. The van der Waals surface area contributed by atoms with Gasteiger partial charge < -0.3 is 9.73 Å². The van der Waals surface area contributed by atoms with Gasteiger partial charge in [0.05, 0.1) is 23.4 Å². The third-order valence-electron chi connectivity index (χ3n) is 4.49. The highest BCUT2D eigenvalue weighted by Gasteiger charge is 2.19. The monoisotopic (exact) mass is 487 g/mol. The largest absolute Gasteiger partial charge is 0.468 e. The van der Waals surface area contributed by atoms with Crippen LogP contribution in [0, 0.1) is 6.92 Å². The number of thiazole rings is 1. The number of carbonyl (C=O) groups is 1. The summed E-state index contributed by atoms with van der Waals surface area (Å²) in [6, 6.07) is 16.6. The van der Waals surface area contributed by atoms with E-state index in [2.05, 4.69) is 15.0 Å². The summed E-state index contributed by atoms with van der Waals surface area (Å²) >= 11 is 7.29. The van der Waals surface area contributed by atoms with Crippen LogP contribution in [-0.2, 0) is 16.6 Å². The number of furan rings is 1. The number of aromatic nitrogens is 1. The maximum absolute atomic E-state index is 12.8. The van der Waals surface area contributed by atoms with E-state index < -0.39 is 10.0 Å². The quantitative estimate of drug-likeness (QED) is 0.378. The van der Waals surface area contributed by atoms with Crippen LogP contribution in [0.4, 0.5) is 5.69 Å². The lowest BCUT2D eigenvalue weighted by Crippen LogP contribution is -2.23. The van der Waals surface area contributed by atoms with Gasteiger partial charge in [-0.05, 0) is 49.4 Å². The number of halogens is 1. The van der Waals surface area contributed by atoms with Crippen molar-refractivity contribution in [1.29, 1.82) is 0 Å². The summed E-state index contributed by atoms with van der Waals surface area (Å²) < 4.78 is 32.8. The lowest BCUT2D eigenvalue weighted by molar-refractivity contribution is 0.102. The molecule has 0 saturated carbocycles. The number of carbonyl (C=O) groups excluding carboxylic acids is 1. The first-order chi connectivity index (χ1) is 15.3. The van der Waals surface area contributed by atoms with Gasteiger partial charge in [-0.1, -0.05) is 29.8 Å². The SMILES string of the molecule is Cc1nc(-c2cccc(Cl)c2)sc1C(=O)Nc1cccc(S(=O)(=O)NCc2ccco2)c1. The second kappa shape index (κ2) is 9.25. The first-order valence-electron chi connectivity index (χ1n) is 9.49. The molecule has 0 unspecified atom stereocenters. The minimum absolute atomic E-state index is 0.0261. The standard InChI is InChI=1S/C22H18ClN3O4S2/c1-14-20(31-22(25-14)15-5-2-6-16(23)11-15)21(27)26-17-7-3-9-19(12-17)32(28,29)24-13-18-8-4-10-30-18/h2-12,24H,13H2,1H3,(H,26,27). The average molecular weight is 488 g/mol. The fraction of sp³-hybridized carbons (Fsp3) is 0.0909. The van der Waals surface area contributed by atoms with Crippen LogP contribution in [-0.4, -0.2) is 19.3 Å². The Labute approximate surface area is 194 Å². The number of hydrogen-bond donors (Lipinski definition) is 2. The molecule has 2 heterocycles. The molecule has 0 radical (unpaired) electrons. The predicted molar refractivity (Wildman–Crippen MR) is 124 cm³/mol. The lowest BCUT2D eigenvalue weighted by Gasteiger charge is -2.08. The van der Waals surface area contributed by atoms with E-state index in [1.807, 2.05) is 12.1 Å². The number of aryl methyl sites for hydroxylation is 1. The van der Waals surface area contributed by atoms with Crippen molar-refractivity contribution in [3.8, 4) is 10.6 Å². The molecule has 0 spiro atoms. The molecule has 2 aromatic heterocycles. The summed E-state index contributed by atoms with van der Waals surface area (Å²) in [6.07, 6.45) is 1.47. The number of rotatable bonds is 7. The van der Waals surface area contributed by atoms with Crippen molar-refractivity contribution in [2.45, 2.75) is 18.4 Å². The molecular formula is C22H18ClN3O4S2. The zero-order valence-electron chi connectivity index (χ0n) is 16.8. The zero-order valence-corrected chi connectivity index (χ0v) is 19.2. The maximum atomic E-state index is 12.8. The highest BCUT2D eigenvalue weighted by molar-refractivity contribution is 7.89. The Kier molecular flexibility index (Phi) is 6.43. The van der Waals surface area contributed by atoms with Crippen LogP contribution in [0.25, 0.3) is 10.6 Å². The van der Waals surface area contributed by atoms with Gasteiger partial charge in [0, 0.05) is 16.3 Å². The van der Waals surface area contributed by atoms with Gasteiger partial charge in [0.25, 0.3) is 5.91 Å². The Bertz CT molecular complexity index is 1370. The summed E-state index contributed by atoms with van der Waals surface area (Å²) in [5.41, 5.74) is 1.75. The van der Waals surface area contributed by atoms with E-state index in [4.69, 9.17) is 16.0 Å². The minimum atomic E-state index is -3.79. The third kappa shape index (κ3) is 5.08. The van der Waals surface area contributed by atoms with E-state index in [-0.39, 0.29) is 17.3 Å². The van der Waals surface area contributed by atoms with Crippen LogP contribution in [0.15, 0.2) is 76.2 Å². The molecule has 0 aliphatic rings. The number of amides is 1. The smallest absolute Gasteiger partial charge is 0.267 e. The van der Waals surface area contributed by atoms with Crippen LogP contribution in [0.5, 0.6) is 0 Å². The molecule has 10 heteroatoms. The Hall–Kier alpha value is -2.98. The van der Waals surface area contributed by atoms with Gasteiger partial charge in [-0.3, -0.25) is 4.79 Å². The first kappa shape index (κ1) is 22.2. The molecule has 1 amide bonds. The van der Waals surface area contributed by atoms with Gasteiger partial charge in [0.1, 0.15) is 15.6 Å². The Morgan fingerprint density at radius 2 is 1.94 bits per heavy atom. The van der Waals surface area contributed by atoms with E-state index in [9.17, 15) is 13.2 Å². The molecule has 0 aliphatic carbocycles. The van der Waals surface area contributed by atoms with Crippen LogP contribution in [0.3, 0.4) is 0 Å². The van der Waals surface area contributed by atoms with Crippen LogP contribution in [0.1, 0.15) is 21.1 Å². The van der Waals surface area contributed by atoms with E-state index in [1.165, 1.54) is 29.7 Å². The Morgan fingerprint density at radius 3 is 2.69 bits per heavy atom. The third-order valence-corrected chi connectivity index (χ3v) is 7.33. The van der Waals surface area contributed by atoms with Gasteiger partial charge in [-0.2, -0.15) is 0 Å². The van der Waals surface area contributed by atoms with Crippen molar-refractivity contribution in [1.82, 2.24) is 9.71 Å². The highest BCUT2D eigenvalue weighted by Crippen LogP contribution is 2.30. The van der Waals surface area contributed by atoms with Crippen molar-refractivity contribution < 1.29 is 17.6 Å². The molecule has 2 aromatic carbocycles. The van der Waals surface area contributed by atoms with Crippen molar-refractivity contribution in [2.75, 3.05) is 5.32 Å². The average Bonchev–Trinajstić information content (AvgIpc) is 3.42. The molecule has 2 N–H and O–H groups in total. The second-order valence-electron chi connectivity index (χ2n) is 6.83. The van der Waals surface area contributed by atoms with Crippen molar-refractivity contribution in [3.63, 3.8) is 0 Å². The maximum Gasteiger partial charge on any atom is 0.267 e. The van der Waals surface area contributed by atoms with Crippen molar-refractivity contribution >= 4 is 44.6 Å². The molecule has 164 valence electrons. The minimum Gasteiger partial charge on any atom is -0.468 e. The fourth-order valence-corrected chi connectivity index (χ4v) is 5.13. The molecule has 0 saturated heterocycles. The van der Waals surface area contributed by atoms with E-state index in [0.717, 1.165) is 5.56 Å². The van der Waals surface area contributed by atoms with Crippen LogP contribution >= 0.6 is 22.9 Å². The Morgan fingerprint density at radius 1 is 1.12 bits per heavy atom.